The second-order valence-electron chi connectivity index (χ2n) is 9.78. The van der Waals surface area contributed by atoms with Crippen LogP contribution in [-0.2, 0) is 9.59 Å². The van der Waals surface area contributed by atoms with Crippen molar-refractivity contribution in [1.82, 2.24) is 0 Å². The zero-order chi connectivity index (χ0) is 20.6. The normalized spacial score (nSPS) is 50.2. The third-order valence-corrected chi connectivity index (χ3v) is 8.74. The Balaban J connectivity index is 1.80. The van der Waals surface area contributed by atoms with Crippen molar-refractivity contribution < 1.29 is 29.3 Å². The van der Waals surface area contributed by atoms with Crippen molar-refractivity contribution in [3.05, 3.63) is 23.6 Å². The molecule has 4 aliphatic rings. The quantitative estimate of drug-likeness (QED) is 0.669. The van der Waals surface area contributed by atoms with E-state index in [9.17, 15) is 29.3 Å². The Bertz CT molecular complexity index is 803. The molecule has 6 heteroatoms. The van der Waals surface area contributed by atoms with Gasteiger partial charge in [-0.1, -0.05) is 26.8 Å². The molecule has 0 spiro atoms. The van der Waals surface area contributed by atoms with Gasteiger partial charge < -0.3 is 15.3 Å². The van der Waals surface area contributed by atoms with Crippen LogP contribution < -0.4 is 0 Å². The number of halogens is 1. The molecular formula is C22H29FO5. The average Bonchev–Trinajstić information content (AvgIpc) is 2.85. The van der Waals surface area contributed by atoms with Crippen LogP contribution in [0.15, 0.2) is 23.6 Å². The zero-order valence-corrected chi connectivity index (χ0v) is 16.6. The van der Waals surface area contributed by atoms with Gasteiger partial charge in [0.2, 0.25) is 5.78 Å². The molecule has 0 bridgehead atoms. The van der Waals surface area contributed by atoms with E-state index in [1.54, 1.807) is 6.08 Å². The number of Topliss-reactive ketones (excluding diaryl/α,β-unsaturated/α-hetero) is 1. The van der Waals surface area contributed by atoms with E-state index in [0.29, 0.717) is 24.8 Å². The maximum Gasteiger partial charge on any atom is 0.213 e. The maximum absolute atomic E-state index is 14.6. The Morgan fingerprint density at radius 3 is 2.68 bits per heavy atom. The summed E-state index contributed by atoms with van der Waals surface area (Å²) >= 11 is 0. The monoisotopic (exact) mass is 392 g/mol. The summed E-state index contributed by atoms with van der Waals surface area (Å²) in [5, 5.41) is 32.1. The van der Waals surface area contributed by atoms with Crippen molar-refractivity contribution >= 4 is 11.6 Å². The molecule has 28 heavy (non-hydrogen) atoms. The van der Waals surface area contributed by atoms with Crippen molar-refractivity contribution in [2.45, 2.75) is 58.2 Å². The molecule has 0 unspecified atom stereocenters. The highest BCUT2D eigenvalue weighted by molar-refractivity contribution is 6.04. The minimum absolute atomic E-state index is 0.00359. The SMILES string of the molecule is C[C@H]1C[C@H]2[C@@H]3CCC4=C(F)C(=O)C=C[C@]4(C)[C@H]3[C@@H](O)C[C@]2(C)[C@@]1(O)C(=O)CO. The van der Waals surface area contributed by atoms with Crippen LogP contribution in [-0.4, -0.2) is 45.2 Å². The summed E-state index contributed by atoms with van der Waals surface area (Å²) in [5.41, 5.74) is -2.81. The summed E-state index contributed by atoms with van der Waals surface area (Å²) in [5.74, 6) is -2.54. The van der Waals surface area contributed by atoms with Gasteiger partial charge in [0, 0.05) is 16.7 Å². The number of ketones is 2. The number of fused-ring (bicyclic) bond motifs is 5. The third-order valence-electron chi connectivity index (χ3n) is 8.74. The molecule has 0 saturated heterocycles. The first-order valence-electron chi connectivity index (χ1n) is 10.2. The highest BCUT2D eigenvalue weighted by atomic mass is 19.1. The van der Waals surface area contributed by atoms with E-state index in [-0.39, 0.29) is 30.1 Å². The smallest absolute Gasteiger partial charge is 0.213 e. The molecule has 4 aliphatic carbocycles. The van der Waals surface area contributed by atoms with Gasteiger partial charge in [-0.15, -0.1) is 0 Å². The molecule has 0 heterocycles. The minimum Gasteiger partial charge on any atom is -0.393 e. The van der Waals surface area contributed by atoms with E-state index in [4.69, 9.17) is 0 Å². The summed E-state index contributed by atoms with van der Waals surface area (Å²) in [6, 6.07) is 0. The molecule has 0 aromatic carbocycles. The number of hydrogen-bond acceptors (Lipinski definition) is 5. The molecule has 0 aliphatic heterocycles. The molecule has 4 rings (SSSR count). The van der Waals surface area contributed by atoms with Crippen LogP contribution in [0.2, 0.25) is 0 Å². The average molecular weight is 392 g/mol. The van der Waals surface area contributed by atoms with Gasteiger partial charge in [-0.2, -0.15) is 0 Å². The van der Waals surface area contributed by atoms with Crippen molar-refractivity contribution in [3.8, 4) is 0 Å². The van der Waals surface area contributed by atoms with Crippen LogP contribution in [0.3, 0.4) is 0 Å². The predicted octanol–water partition coefficient (Wildman–Crippen LogP) is 2.10. The fourth-order valence-electron chi connectivity index (χ4n) is 7.46. The standard InChI is InChI=1S/C22H29FO5/c1-11-8-14-12-4-5-13-19(23)15(25)6-7-20(13,2)18(12)16(26)9-21(14,3)22(11,28)17(27)10-24/h6-7,11-12,14,16,18,24,26,28H,4-5,8-10H2,1-3H3/t11-,12-,14-,16-,18+,20-,21-,22-/m0/s1. The summed E-state index contributed by atoms with van der Waals surface area (Å²) in [6.07, 6.45) is 4.02. The lowest BCUT2D eigenvalue weighted by Gasteiger charge is -2.59. The summed E-state index contributed by atoms with van der Waals surface area (Å²) in [7, 11) is 0. The van der Waals surface area contributed by atoms with Crippen LogP contribution in [0.5, 0.6) is 0 Å². The van der Waals surface area contributed by atoms with Gasteiger partial charge in [-0.3, -0.25) is 9.59 Å². The van der Waals surface area contributed by atoms with E-state index in [1.807, 2.05) is 20.8 Å². The fraction of sp³-hybridized carbons (Fsp3) is 0.727. The number of carbonyl (C=O) groups excluding carboxylic acids is 2. The lowest BCUT2D eigenvalue weighted by Crippen LogP contribution is -2.62. The van der Waals surface area contributed by atoms with Crippen molar-refractivity contribution in [2.75, 3.05) is 6.61 Å². The number of hydrogen-bond donors (Lipinski definition) is 3. The highest BCUT2D eigenvalue weighted by Crippen LogP contribution is 2.68. The Morgan fingerprint density at radius 2 is 2.04 bits per heavy atom. The Morgan fingerprint density at radius 1 is 1.36 bits per heavy atom. The van der Waals surface area contributed by atoms with E-state index < -0.39 is 46.5 Å². The first kappa shape index (κ1) is 19.9. The predicted molar refractivity (Wildman–Crippen MR) is 99.6 cm³/mol. The van der Waals surface area contributed by atoms with Crippen molar-refractivity contribution in [2.24, 2.45) is 34.5 Å². The van der Waals surface area contributed by atoms with E-state index in [0.717, 1.165) is 0 Å². The minimum atomic E-state index is -1.68. The summed E-state index contributed by atoms with van der Waals surface area (Å²) in [6.45, 7) is 4.83. The van der Waals surface area contributed by atoms with Crippen LogP contribution in [0.4, 0.5) is 4.39 Å². The molecule has 0 aromatic rings. The van der Waals surface area contributed by atoms with Gasteiger partial charge in [0.1, 0.15) is 12.2 Å². The van der Waals surface area contributed by atoms with Crippen LogP contribution >= 0.6 is 0 Å². The Kier molecular flexibility index (Phi) is 4.32. The van der Waals surface area contributed by atoms with Crippen LogP contribution in [0, 0.1) is 34.5 Å². The van der Waals surface area contributed by atoms with E-state index in [2.05, 4.69) is 0 Å². The number of allylic oxidation sites excluding steroid dienone is 4. The van der Waals surface area contributed by atoms with Crippen molar-refractivity contribution in [3.63, 3.8) is 0 Å². The topological polar surface area (TPSA) is 94.8 Å². The van der Waals surface area contributed by atoms with Gasteiger partial charge in [0.05, 0.1) is 6.10 Å². The molecule has 3 saturated carbocycles. The Hall–Kier alpha value is -1.37. The second-order valence-corrected chi connectivity index (χ2v) is 9.78. The van der Waals surface area contributed by atoms with Crippen LogP contribution in [0.1, 0.15) is 46.5 Å². The van der Waals surface area contributed by atoms with Crippen LogP contribution in [0.25, 0.3) is 0 Å². The van der Waals surface area contributed by atoms with Gasteiger partial charge in [-0.05, 0) is 55.1 Å². The Labute approximate surface area is 164 Å². The number of aliphatic hydroxyl groups is 3. The van der Waals surface area contributed by atoms with E-state index in [1.165, 1.54) is 6.08 Å². The van der Waals surface area contributed by atoms with Gasteiger partial charge in [-0.25, -0.2) is 4.39 Å². The van der Waals surface area contributed by atoms with Gasteiger partial charge in [0.25, 0.3) is 0 Å². The zero-order valence-electron chi connectivity index (χ0n) is 16.6. The molecule has 0 aromatic heterocycles. The van der Waals surface area contributed by atoms with Crippen molar-refractivity contribution in [1.29, 1.82) is 0 Å². The maximum atomic E-state index is 14.6. The van der Waals surface area contributed by atoms with Gasteiger partial charge >= 0.3 is 0 Å². The number of carbonyl (C=O) groups is 2. The molecule has 5 nitrogen and oxygen atoms in total. The molecule has 3 fully saturated rings. The molecule has 0 radical (unpaired) electrons. The summed E-state index contributed by atoms with van der Waals surface area (Å²) in [4.78, 5) is 24.4. The molecular weight excluding hydrogens is 363 g/mol. The lowest BCUT2D eigenvalue weighted by atomic mass is 9.46. The molecule has 3 N–H and O–H groups in total. The largest absolute Gasteiger partial charge is 0.393 e. The first-order valence-corrected chi connectivity index (χ1v) is 10.2. The molecule has 0 amide bonds. The third kappa shape index (κ3) is 2.17. The summed E-state index contributed by atoms with van der Waals surface area (Å²) < 4.78 is 14.6. The second kappa shape index (κ2) is 6.07. The first-order chi connectivity index (χ1) is 13.0. The molecule has 8 atom stereocenters. The lowest BCUT2D eigenvalue weighted by molar-refractivity contribution is -0.183. The molecule has 154 valence electrons. The highest BCUT2D eigenvalue weighted by Gasteiger charge is 2.70. The number of rotatable bonds is 2. The fourth-order valence-corrected chi connectivity index (χ4v) is 7.46. The number of aliphatic hydroxyl groups excluding tert-OH is 2. The van der Waals surface area contributed by atoms with E-state index >= 15 is 0 Å². The van der Waals surface area contributed by atoms with Gasteiger partial charge in [0.15, 0.2) is 11.6 Å².